The third kappa shape index (κ3) is 3.50. The van der Waals surface area contributed by atoms with E-state index in [4.69, 9.17) is 58.0 Å². The van der Waals surface area contributed by atoms with Gasteiger partial charge in [-0.25, -0.2) is 4.68 Å². The van der Waals surface area contributed by atoms with Crippen LogP contribution in [-0.4, -0.2) is 25.0 Å². The molecular formula is C9H7Cl5F5N3. The van der Waals surface area contributed by atoms with E-state index >= 15 is 0 Å². The van der Waals surface area contributed by atoms with Crippen molar-refractivity contribution in [1.29, 1.82) is 0 Å². The fourth-order valence-electron chi connectivity index (χ4n) is 1.47. The summed E-state index contributed by atoms with van der Waals surface area (Å²) in [6, 6.07) is 0. The van der Waals surface area contributed by atoms with Crippen LogP contribution in [0.15, 0.2) is 0 Å². The number of hydrogen-bond donors (Lipinski definition) is 0. The van der Waals surface area contributed by atoms with E-state index in [9.17, 15) is 22.0 Å². The second-order valence-corrected chi connectivity index (χ2v) is 7.76. The van der Waals surface area contributed by atoms with Crippen LogP contribution in [0.2, 0.25) is 0 Å². The van der Waals surface area contributed by atoms with Gasteiger partial charge in [0.25, 0.3) is 0 Å². The Morgan fingerprint density at radius 2 is 1.50 bits per heavy atom. The third-order valence-electron chi connectivity index (χ3n) is 2.48. The van der Waals surface area contributed by atoms with E-state index in [0.29, 0.717) is 11.1 Å². The highest BCUT2D eigenvalue weighted by Crippen LogP contribution is 2.56. The first-order chi connectivity index (χ1) is 9.68. The van der Waals surface area contributed by atoms with Gasteiger partial charge < -0.3 is 0 Å². The average molecular weight is 429 g/mol. The largest absolute Gasteiger partial charge is 0.459 e. The summed E-state index contributed by atoms with van der Waals surface area (Å²) in [6.45, 7) is 1.49. The highest BCUT2D eigenvalue weighted by Gasteiger charge is 2.65. The van der Waals surface area contributed by atoms with E-state index in [1.807, 2.05) is 0 Å². The Bertz CT molecular complexity index is 537. The Balaban J connectivity index is 3.64. The topological polar surface area (TPSA) is 30.7 Å². The molecule has 0 spiro atoms. The fourth-order valence-corrected chi connectivity index (χ4v) is 2.11. The van der Waals surface area contributed by atoms with Gasteiger partial charge in [-0.2, -0.15) is 22.0 Å². The number of hydrogen-bond acceptors (Lipinski definition) is 2. The molecule has 1 heterocycles. The van der Waals surface area contributed by atoms with Gasteiger partial charge in [0.2, 0.25) is 8.13 Å². The third-order valence-corrected chi connectivity index (χ3v) is 4.83. The first-order valence-corrected chi connectivity index (χ1v) is 7.40. The summed E-state index contributed by atoms with van der Waals surface area (Å²) in [5, 5.41) is 6.06. The quantitative estimate of drug-likeness (QED) is 0.478. The zero-order valence-electron chi connectivity index (χ0n) is 10.5. The van der Waals surface area contributed by atoms with Gasteiger partial charge in [0.1, 0.15) is 5.69 Å². The molecule has 0 fully saturated rings. The van der Waals surface area contributed by atoms with Gasteiger partial charge in [-0.05, 0) is 6.42 Å². The van der Waals surface area contributed by atoms with Crippen molar-refractivity contribution in [2.75, 3.05) is 0 Å². The second-order valence-electron chi connectivity index (χ2n) is 4.15. The van der Waals surface area contributed by atoms with E-state index in [1.54, 1.807) is 6.92 Å². The van der Waals surface area contributed by atoms with Crippen LogP contribution < -0.4 is 0 Å². The molecule has 0 aliphatic heterocycles. The van der Waals surface area contributed by atoms with Crippen molar-refractivity contribution in [3.05, 3.63) is 11.4 Å². The molecule has 0 aliphatic rings. The lowest BCUT2D eigenvalue weighted by molar-refractivity contribution is -0.291. The van der Waals surface area contributed by atoms with Gasteiger partial charge in [0, 0.05) is 6.54 Å². The van der Waals surface area contributed by atoms with Gasteiger partial charge >= 0.3 is 12.1 Å². The molecular weight excluding hydrogens is 422 g/mol. The Morgan fingerprint density at radius 3 is 1.86 bits per heavy atom. The molecule has 0 bridgehead atoms. The van der Waals surface area contributed by atoms with Gasteiger partial charge in [0.15, 0.2) is 5.69 Å². The average Bonchev–Trinajstić information content (AvgIpc) is 2.71. The van der Waals surface area contributed by atoms with Gasteiger partial charge in [-0.3, -0.25) is 0 Å². The van der Waals surface area contributed by atoms with Crippen LogP contribution in [0.5, 0.6) is 0 Å². The minimum atomic E-state index is -5.95. The zero-order chi connectivity index (χ0) is 17.6. The monoisotopic (exact) mass is 427 g/mol. The first kappa shape index (κ1) is 20.3. The summed E-state index contributed by atoms with van der Waals surface area (Å²) in [7, 11) is 0. The number of alkyl halides is 10. The maximum absolute atomic E-state index is 13.6. The maximum Gasteiger partial charge on any atom is 0.459 e. The lowest BCUT2D eigenvalue weighted by Crippen LogP contribution is -2.39. The lowest BCUT2D eigenvalue weighted by atomic mass is 10.1. The summed E-state index contributed by atoms with van der Waals surface area (Å²) >= 11 is 28.0. The van der Waals surface area contributed by atoms with Crippen LogP contribution >= 0.6 is 58.0 Å². The molecule has 0 N–H and O–H groups in total. The molecule has 0 saturated carbocycles. The number of nitrogens with zero attached hydrogens (tertiary/aromatic N) is 3. The molecule has 3 nitrogen and oxygen atoms in total. The van der Waals surface area contributed by atoms with Crippen molar-refractivity contribution in [2.45, 2.75) is 40.1 Å². The molecule has 0 saturated heterocycles. The van der Waals surface area contributed by atoms with Crippen molar-refractivity contribution in [3.8, 4) is 0 Å². The van der Waals surface area contributed by atoms with Crippen LogP contribution in [0, 0.1) is 0 Å². The number of aromatic nitrogens is 3. The van der Waals surface area contributed by atoms with Crippen molar-refractivity contribution in [2.24, 2.45) is 0 Å². The predicted octanol–water partition coefficient (Wildman–Crippen LogP) is 5.34. The van der Waals surface area contributed by atoms with Crippen molar-refractivity contribution >= 4 is 58.0 Å². The van der Waals surface area contributed by atoms with Crippen LogP contribution in [0.25, 0.3) is 0 Å². The van der Waals surface area contributed by atoms with Crippen LogP contribution in [-0.2, 0) is 16.8 Å². The molecule has 0 unspecified atom stereocenters. The smallest absolute Gasteiger partial charge is 0.246 e. The van der Waals surface area contributed by atoms with Crippen LogP contribution in [0.1, 0.15) is 24.7 Å². The highest BCUT2D eigenvalue weighted by atomic mass is 35.6. The molecule has 128 valence electrons. The van der Waals surface area contributed by atoms with E-state index in [0.717, 1.165) is 0 Å². The normalized spacial score (nSPS) is 14.5. The Labute approximate surface area is 146 Å². The standard InChI is InChI=1S/C9H7Cl5F5N3/c1-2-3-22-5(6(10,11)8(12,13)14)4(20-21-22)7(15,16)9(17,18)19/h2-3H2,1H3. The molecule has 22 heavy (non-hydrogen) atoms. The van der Waals surface area contributed by atoms with E-state index in [2.05, 4.69) is 10.3 Å². The van der Waals surface area contributed by atoms with E-state index < -0.39 is 31.6 Å². The summed E-state index contributed by atoms with van der Waals surface area (Å²) in [5.41, 5.74) is -2.84. The molecule has 0 atom stereocenters. The Morgan fingerprint density at radius 1 is 1.00 bits per heavy atom. The lowest BCUT2D eigenvalue weighted by Gasteiger charge is -2.30. The molecule has 0 aromatic carbocycles. The van der Waals surface area contributed by atoms with E-state index in [1.165, 1.54) is 0 Å². The number of rotatable bonds is 4. The first-order valence-electron chi connectivity index (χ1n) is 5.51. The summed E-state index contributed by atoms with van der Waals surface area (Å²) in [6.07, 6.45) is -5.65. The Hall–Kier alpha value is 0.240. The molecule has 0 amide bonds. The van der Waals surface area contributed by atoms with Crippen LogP contribution in [0.4, 0.5) is 22.0 Å². The molecule has 0 radical (unpaired) electrons. The van der Waals surface area contributed by atoms with Gasteiger partial charge in [0.05, 0.1) is 0 Å². The molecule has 1 rings (SSSR count). The van der Waals surface area contributed by atoms with E-state index in [-0.39, 0.29) is 6.54 Å². The Kier molecular flexibility index (Phi) is 5.79. The molecule has 13 heteroatoms. The van der Waals surface area contributed by atoms with Crippen molar-refractivity contribution in [3.63, 3.8) is 0 Å². The summed E-state index contributed by atoms with van der Waals surface area (Å²) in [4.78, 5) is 0. The highest BCUT2D eigenvalue weighted by molar-refractivity contribution is 6.75. The van der Waals surface area contributed by atoms with Gasteiger partial charge in [-0.1, -0.05) is 70.1 Å². The fraction of sp³-hybridized carbons (Fsp3) is 0.778. The summed E-state index contributed by atoms with van der Waals surface area (Å²) < 4.78 is 60.2. The van der Waals surface area contributed by atoms with Crippen LogP contribution in [0.3, 0.4) is 0 Å². The van der Waals surface area contributed by atoms with Crippen molar-refractivity contribution in [1.82, 2.24) is 15.0 Å². The minimum Gasteiger partial charge on any atom is -0.246 e. The predicted molar refractivity (Wildman–Crippen MR) is 73.9 cm³/mol. The second kappa shape index (κ2) is 6.27. The summed E-state index contributed by atoms with van der Waals surface area (Å²) in [5.74, 6) is -5.38. The SMILES string of the molecule is CCCn1nnc(C(F)(F)C(F)(F)F)c1C(Cl)(Cl)C(Cl)(Cl)Cl. The molecule has 0 aliphatic carbocycles. The number of aryl methyl sites for hydroxylation is 1. The van der Waals surface area contributed by atoms with Crippen molar-refractivity contribution < 1.29 is 22.0 Å². The maximum atomic E-state index is 13.6. The molecule has 1 aromatic heterocycles. The van der Waals surface area contributed by atoms with Gasteiger partial charge in [-0.15, -0.1) is 5.10 Å². The minimum absolute atomic E-state index is 0.113. The zero-order valence-corrected chi connectivity index (χ0v) is 14.3. The molecule has 1 aromatic rings. The number of halogens is 10.